The van der Waals surface area contributed by atoms with Crippen molar-refractivity contribution >= 4 is 45.5 Å². The van der Waals surface area contributed by atoms with Crippen LogP contribution in [0, 0.1) is 5.41 Å². The molecule has 0 aliphatic carbocycles. The smallest absolute Gasteiger partial charge is 0.226 e. The van der Waals surface area contributed by atoms with E-state index in [0.29, 0.717) is 18.1 Å². The SMILES string of the molecule is CN1c2ccc(-c3cnc(N)c(Cl)c3N3CCC4(CCNC4=O)CC3)cc2CS1(O)O. The summed E-state index contributed by atoms with van der Waals surface area (Å²) in [7, 11) is -1.13. The van der Waals surface area contributed by atoms with Crippen LogP contribution in [0.4, 0.5) is 17.2 Å². The maximum Gasteiger partial charge on any atom is 0.226 e. The minimum Gasteiger partial charge on any atom is -0.382 e. The molecular formula is C21H26ClN5O3S. The molecule has 2 saturated heterocycles. The molecule has 1 aromatic carbocycles. The molecule has 0 atom stereocenters. The van der Waals surface area contributed by atoms with Crippen molar-refractivity contribution in [1.29, 1.82) is 0 Å². The number of rotatable bonds is 2. The van der Waals surface area contributed by atoms with E-state index in [2.05, 4.69) is 15.2 Å². The van der Waals surface area contributed by atoms with Crippen molar-refractivity contribution in [3.05, 3.63) is 35.0 Å². The number of nitrogens with zero attached hydrogens (tertiary/aromatic N) is 3. The van der Waals surface area contributed by atoms with Crippen molar-refractivity contribution in [1.82, 2.24) is 10.3 Å². The lowest BCUT2D eigenvalue weighted by molar-refractivity contribution is -0.128. The average Bonchev–Trinajstić information content (AvgIpc) is 3.20. The largest absolute Gasteiger partial charge is 0.382 e. The molecule has 10 heteroatoms. The number of anilines is 3. The Kier molecular flexibility index (Phi) is 4.78. The summed E-state index contributed by atoms with van der Waals surface area (Å²) in [6, 6.07) is 5.81. The van der Waals surface area contributed by atoms with Gasteiger partial charge in [-0.25, -0.2) is 4.98 Å². The van der Waals surface area contributed by atoms with E-state index in [1.165, 1.54) is 4.31 Å². The lowest BCUT2D eigenvalue weighted by Crippen LogP contribution is -2.44. The Morgan fingerprint density at radius 3 is 2.68 bits per heavy atom. The van der Waals surface area contributed by atoms with E-state index in [1.54, 1.807) is 13.2 Å². The van der Waals surface area contributed by atoms with Crippen molar-refractivity contribution in [2.24, 2.45) is 5.41 Å². The first-order valence-corrected chi connectivity index (χ1v) is 12.4. The third-order valence-electron chi connectivity index (χ3n) is 6.95. The predicted octanol–water partition coefficient (Wildman–Crippen LogP) is 3.71. The second kappa shape index (κ2) is 7.16. The van der Waals surface area contributed by atoms with Gasteiger partial charge in [-0.15, -0.1) is 10.8 Å². The molecule has 5 rings (SSSR count). The van der Waals surface area contributed by atoms with Gasteiger partial charge in [0.15, 0.2) is 0 Å². The van der Waals surface area contributed by atoms with E-state index in [1.807, 2.05) is 18.2 Å². The van der Waals surface area contributed by atoms with Gasteiger partial charge >= 0.3 is 0 Å². The highest BCUT2D eigenvalue weighted by Crippen LogP contribution is 2.56. The first kappa shape index (κ1) is 20.7. The van der Waals surface area contributed by atoms with Crippen molar-refractivity contribution in [2.75, 3.05) is 41.6 Å². The van der Waals surface area contributed by atoms with Crippen LogP contribution in [-0.4, -0.2) is 46.7 Å². The van der Waals surface area contributed by atoms with Gasteiger partial charge in [0, 0.05) is 38.4 Å². The quantitative estimate of drug-likeness (QED) is 0.536. The molecule has 0 bridgehead atoms. The van der Waals surface area contributed by atoms with Crippen molar-refractivity contribution in [3.8, 4) is 11.1 Å². The highest BCUT2D eigenvalue weighted by molar-refractivity contribution is 8.25. The third-order valence-corrected chi connectivity index (χ3v) is 9.09. The van der Waals surface area contributed by atoms with Crippen LogP contribution in [0.1, 0.15) is 24.8 Å². The van der Waals surface area contributed by atoms with E-state index in [-0.39, 0.29) is 22.9 Å². The normalized spacial score (nSPS) is 22.5. The Labute approximate surface area is 187 Å². The highest BCUT2D eigenvalue weighted by atomic mass is 35.5. The fourth-order valence-corrected chi connectivity index (χ4v) is 6.61. The zero-order valence-corrected chi connectivity index (χ0v) is 18.8. The molecule has 1 aromatic heterocycles. The standard InChI is InChI=1S/C21H26ClN5O3S/c1-26-16-3-2-13(10-14(16)12-31(26,29)30)15-11-25-19(23)17(22)18(15)27-8-5-21(6-9-27)4-7-24-20(21)28/h2-3,10-11,29-30H,4-9,12H2,1H3,(H2,23,25)(H,24,28). The average molecular weight is 464 g/mol. The molecule has 0 saturated carbocycles. The highest BCUT2D eigenvalue weighted by Gasteiger charge is 2.45. The Bertz CT molecular complexity index is 1070. The predicted molar refractivity (Wildman–Crippen MR) is 126 cm³/mol. The summed E-state index contributed by atoms with van der Waals surface area (Å²) < 4.78 is 22.1. The molecular weight excluding hydrogens is 438 g/mol. The van der Waals surface area contributed by atoms with E-state index < -0.39 is 10.8 Å². The maximum atomic E-state index is 12.4. The molecule has 3 aliphatic heterocycles. The van der Waals surface area contributed by atoms with Crippen LogP contribution in [-0.2, 0) is 10.5 Å². The molecule has 3 aliphatic rings. The number of pyridine rings is 1. The number of nitrogens with one attached hydrogen (secondary N) is 1. The van der Waals surface area contributed by atoms with Gasteiger partial charge in [-0.2, -0.15) is 0 Å². The number of aromatic nitrogens is 1. The van der Waals surface area contributed by atoms with Crippen LogP contribution < -0.4 is 20.3 Å². The maximum absolute atomic E-state index is 12.4. The molecule has 1 spiro atoms. The molecule has 4 heterocycles. The molecule has 5 N–H and O–H groups in total. The second-order valence-corrected chi connectivity index (χ2v) is 11.1. The number of hydrogen-bond acceptors (Lipinski definition) is 7. The number of halogens is 1. The summed E-state index contributed by atoms with van der Waals surface area (Å²) in [6.45, 7) is 2.16. The monoisotopic (exact) mass is 463 g/mol. The van der Waals surface area contributed by atoms with Crippen LogP contribution in [0.3, 0.4) is 0 Å². The number of nitrogens with two attached hydrogens (primary N) is 1. The number of carbonyl (C=O) groups excluding carboxylic acids is 1. The number of hydrogen-bond donors (Lipinski definition) is 4. The summed E-state index contributed by atoms with van der Waals surface area (Å²) >= 11 is 6.65. The van der Waals surface area contributed by atoms with Crippen LogP contribution in [0.25, 0.3) is 11.1 Å². The van der Waals surface area contributed by atoms with Gasteiger partial charge in [-0.3, -0.25) is 18.2 Å². The Morgan fingerprint density at radius 2 is 2.00 bits per heavy atom. The lowest BCUT2D eigenvalue weighted by Gasteiger charge is -2.39. The van der Waals surface area contributed by atoms with Crippen LogP contribution in [0.5, 0.6) is 0 Å². The van der Waals surface area contributed by atoms with Gasteiger partial charge in [-0.05, 0) is 42.5 Å². The van der Waals surface area contributed by atoms with Crippen LogP contribution in [0.2, 0.25) is 5.02 Å². The summed E-state index contributed by atoms with van der Waals surface area (Å²) in [4.78, 5) is 18.8. The van der Waals surface area contributed by atoms with Gasteiger partial charge in [-0.1, -0.05) is 17.7 Å². The third kappa shape index (κ3) is 3.22. The number of benzene rings is 1. The van der Waals surface area contributed by atoms with Gasteiger partial charge in [0.1, 0.15) is 10.8 Å². The molecule has 31 heavy (non-hydrogen) atoms. The molecule has 0 unspecified atom stereocenters. The topological polar surface area (TPSA) is 115 Å². The summed E-state index contributed by atoms with van der Waals surface area (Å²) in [6.07, 6.45) is 4.14. The number of fused-ring (bicyclic) bond motifs is 1. The Morgan fingerprint density at radius 1 is 1.26 bits per heavy atom. The summed E-state index contributed by atoms with van der Waals surface area (Å²) in [5, 5.41) is 3.38. The molecule has 166 valence electrons. The van der Waals surface area contributed by atoms with Crippen molar-refractivity contribution in [2.45, 2.75) is 25.0 Å². The number of piperidine rings is 1. The van der Waals surface area contributed by atoms with Crippen LogP contribution in [0.15, 0.2) is 24.4 Å². The van der Waals surface area contributed by atoms with Crippen molar-refractivity contribution < 1.29 is 13.9 Å². The molecule has 1 amide bonds. The molecule has 0 radical (unpaired) electrons. The van der Waals surface area contributed by atoms with Crippen LogP contribution >= 0.6 is 22.4 Å². The molecule has 2 fully saturated rings. The van der Waals surface area contributed by atoms with E-state index in [9.17, 15) is 13.9 Å². The fraction of sp³-hybridized carbons (Fsp3) is 0.429. The van der Waals surface area contributed by atoms with E-state index in [4.69, 9.17) is 17.3 Å². The van der Waals surface area contributed by atoms with Gasteiger partial charge < -0.3 is 16.0 Å². The fourth-order valence-electron chi connectivity index (χ4n) is 5.00. The second-order valence-electron chi connectivity index (χ2n) is 8.61. The van der Waals surface area contributed by atoms with E-state index in [0.717, 1.165) is 53.9 Å². The number of carbonyl (C=O) groups is 1. The molecule has 8 nitrogen and oxygen atoms in total. The minimum absolute atomic E-state index is 0.162. The number of nitrogen functional groups attached to an aromatic ring is 1. The first-order valence-electron chi connectivity index (χ1n) is 10.3. The van der Waals surface area contributed by atoms with Gasteiger partial charge in [0.2, 0.25) is 5.91 Å². The lowest BCUT2D eigenvalue weighted by atomic mass is 9.77. The van der Waals surface area contributed by atoms with Gasteiger partial charge in [0.05, 0.1) is 22.5 Å². The first-order chi connectivity index (χ1) is 14.7. The molecule has 2 aromatic rings. The minimum atomic E-state index is -2.82. The van der Waals surface area contributed by atoms with Gasteiger partial charge in [0.25, 0.3) is 0 Å². The van der Waals surface area contributed by atoms with E-state index >= 15 is 0 Å². The zero-order chi connectivity index (χ0) is 22.0. The Hall–Kier alpha value is -2.20. The summed E-state index contributed by atoms with van der Waals surface area (Å²) in [5.74, 6) is 0.628. The Balaban J connectivity index is 1.51. The summed E-state index contributed by atoms with van der Waals surface area (Å²) in [5.41, 5.74) is 10.0. The number of amides is 1. The zero-order valence-electron chi connectivity index (χ0n) is 17.3. The van der Waals surface area contributed by atoms with Crippen molar-refractivity contribution in [3.63, 3.8) is 0 Å².